The molecular formula is C24H22N6O. The molecule has 154 valence electrons. The Morgan fingerprint density at radius 3 is 2.71 bits per heavy atom. The Balaban J connectivity index is 1.40. The van der Waals surface area contributed by atoms with E-state index in [-0.39, 0.29) is 17.8 Å². The molecule has 1 saturated heterocycles. The summed E-state index contributed by atoms with van der Waals surface area (Å²) in [4.78, 5) is 32.5. The van der Waals surface area contributed by atoms with Crippen LogP contribution in [0.2, 0.25) is 0 Å². The number of fused-ring (bicyclic) bond motifs is 1. The molecule has 4 aromatic rings. The first-order valence-electron chi connectivity index (χ1n) is 10.3. The second-order valence-electron chi connectivity index (χ2n) is 7.87. The molecule has 2 N–H and O–H groups in total. The van der Waals surface area contributed by atoms with Crippen LogP contribution in [0, 0.1) is 6.92 Å². The zero-order valence-corrected chi connectivity index (χ0v) is 17.2. The number of nitrogens with zero attached hydrogens (tertiary/aromatic N) is 5. The minimum Gasteiger partial charge on any atom is -0.368 e. The largest absolute Gasteiger partial charge is 0.368 e. The molecule has 0 saturated carbocycles. The minimum atomic E-state index is 0.0200. The Kier molecular flexibility index (Phi) is 4.78. The third-order valence-corrected chi connectivity index (χ3v) is 5.74. The summed E-state index contributed by atoms with van der Waals surface area (Å²) >= 11 is 0. The summed E-state index contributed by atoms with van der Waals surface area (Å²) in [6.45, 7) is 3.31. The third-order valence-electron chi connectivity index (χ3n) is 5.74. The van der Waals surface area contributed by atoms with Crippen LogP contribution in [-0.2, 0) is 0 Å². The van der Waals surface area contributed by atoms with Crippen molar-refractivity contribution in [3.8, 4) is 11.1 Å². The van der Waals surface area contributed by atoms with Gasteiger partial charge in [0.1, 0.15) is 0 Å². The van der Waals surface area contributed by atoms with Crippen molar-refractivity contribution in [2.45, 2.75) is 19.3 Å². The molecule has 7 heteroatoms. The molecule has 31 heavy (non-hydrogen) atoms. The van der Waals surface area contributed by atoms with Gasteiger partial charge in [0.2, 0.25) is 5.95 Å². The predicted molar refractivity (Wildman–Crippen MR) is 119 cm³/mol. The number of carbonyl (C=O) groups excluding carboxylic acids is 1. The van der Waals surface area contributed by atoms with Gasteiger partial charge in [-0.2, -0.15) is 0 Å². The van der Waals surface area contributed by atoms with Crippen molar-refractivity contribution in [2.75, 3.05) is 18.8 Å². The number of benzene rings is 1. The number of amides is 1. The molecule has 1 atom stereocenters. The van der Waals surface area contributed by atoms with Crippen LogP contribution in [0.4, 0.5) is 5.95 Å². The maximum Gasteiger partial charge on any atom is 0.256 e. The summed E-state index contributed by atoms with van der Waals surface area (Å²) in [6.07, 6.45) is 6.04. The number of likely N-dealkylation sites (tertiary alicyclic amines) is 1. The molecule has 0 spiro atoms. The van der Waals surface area contributed by atoms with Crippen molar-refractivity contribution in [2.24, 2.45) is 0 Å². The monoisotopic (exact) mass is 410 g/mol. The molecule has 1 aliphatic rings. The summed E-state index contributed by atoms with van der Waals surface area (Å²) in [7, 11) is 0. The van der Waals surface area contributed by atoms with Crippen LogP contribution >= 0.6 is 0 Å². The van der Waals surface area contributed by atoms with Gasteiger partial charge in [0.25, 0.3) is 5.91 Å². The van der Waals surface area contributed by atoms with Gasteiger partial charge in [-0.25, -0.2) is 9.97 Å². The highest BCUT2D eigenvalue weighted by Crippen LogP contribution is 2.31. The Morgan fingerprint density at radius 2 is 1.87 bits per heavy atom. The van der Waals surface area contributed by atoms with Crippen molar-refractivity contribution in [1.29, 1.82) is 0 Å². The van der Waals surface area contributed by atoms with Crippen LogP contribution in [0.1, 0.15) is 34.1 Å². The topological polar surface area (TPSA) is 97.9 Å². The highest BCUT2D eigenvalue weighted by molar-refractivity contribution is 6.05. The maximum atomic E-state index is 13.3. The van der Waals surface area contributed by atoms with Crippen molar-refractivity contribution in [3.63, 3.8) is 0 Å². The van der Waals surface area contributed by atoms with Crippen LogP contribution in [0.15, 0.2) is 61.1 Å². The molecule has 5 rings (SSSR count). The lowest BCUT2D eigenvalue weighted by molar-refractivity contribution is 0.0792. The van der Waals surface area contributed by atoms with Crippen molar-refractivity contribution >= 4 is 22.8 Å². The molecule has 1 aliphatic heterocycles. The zero-order chi connectivity index (χ0) is 21.4. The Labute approximate surface area is 180 Å². The van der Waals surface area contributed by atoms with Crippen molar-refractivity contribution in [1.82, 2.24) is 24.8 Å². The number of rotatable bonds is 3. The van der Waals surface area contributed by atoms with Gasteiger partial charge in [0.05, 0.1) is 11.1 Å². The van der Waals surface area contributed by atoms with Crippen LogP contribution in [-0.4, -0.2) is 43.8 Å². The van der Waals surface area contributed by atoms with Crippen LogP contribution in [0.5, 0.6) is 0 Å². The van der Waals surface area contributed by atoms with E-state index in [4.69, 9.17) is 10.7 Å². The zero-order valence-electron chi connectivity index (χ0n) is 17.2. The maximum absolute atomic E-state index is 13.3. The second-order valence-corrected chi connectivity index (χ2v) is 7.87. The van der Waals surface area contributed by atoms with E-state index in [0.29, 0.717) is 18.7 Å². The molecule has 0 bridgehead atoms. The molecule has 4 heterocycles. The molecule has 0 radical (unpaired) electrons. The number of aromatic nitrogens is 4. The highest BCUT2D eigenvalue weighted by Gasteiger charge is 2.30. The third kappa shape index (κ3) is 3.70. The quantitative estimate of drug-likeness (QED) is 0.554. The average Bonchev–Trinajstić information content (AvgIpc) is 3.29. The fourth-order valence-corrected chi connectivity index (χ4v) is 4.19. The number of anilines is 1. The average molecular weight is 410 g/mol. The van der Waals surface area contributed by atoms with E-state index in [1.54, 1.807) is 18.6 Å². The lowest BCUT2D eigenvalue weighted by Gasteiger charge is -2.18. The van der Waals surface area contributed by atoms with E-state index in [2.05, 4.69) is 21.0 Å². The summed E-state index contributed by atoms with van der Waals surface area (Å²) in [5.74, 6) is 0.453. The summed E-state index contributed by atoms with van der Waals surface area (Å²) in [5, 5.41) is 0.972. The van der Waals surface area contributed by atoms with Gasteiger partial charge in [-0.15, -0.1) is 0 Å². The van der Waals surface area contributed by atoms with Gasteiger partial charge in [-0.1, -0.05) is 18.2 Å². The van der Waals surface area contributed by atoms with Gasteiger partial charge in [-0.05, 0) is 43.2 Å². The molecule has 3 aromatic heterocycles. The van der Waals surface area contributed by atoms with Gasteiger partial charge in [0.15, 0.2) is 0 Å². The number of nitrogens with two attached hydrogens (primary N) is 1. The van der Waals surface area contributed by atoms with E-state index in [1.165, 1.54) is 0 Å². The van der Waals surface area contributed by atoms with Crippen LogP contribution in [0.25, 0.3) is 22.0 Å². The molecule has 1 aromatic carbocycles. The Morgan fingerprint density at radius 1 is 1.06 bits per heavy atom. The highest BCUT2D eigenvalue weighted by atomic mass is 16.2. The van der Waals surface area contributed by atoms with Crippen molar-refractivity contribution in [3.05, 3.63) is 78.0 Å². The SMILES string of the molecule is Cc1cc(-c2cnc(N)nc2)cc(C2CCN(C(=O)c3cccc4cccnc34)C2)n1. The fourth-order valence-electron chi connectivity index (χ4n) is 4.19. The first-order chi connectivity index (χ1) is 15.1. The number of hydrogen-bond donors (Lipinski definition) is 1. The number of para-hydroxylation sites is 1. The summed E-state index contributed by atoms with van der Waals surface area (Å²) < 4.78 is 0. The van der Waals surface area contributed by atoms with Gasteiger partial charge >= 0.3 is 0 Å². The van der Waals surface area contributed by atoms with E-state index >= 15 is 0 Å². The summed E-state index contributed by atoms with van der Waals surface area (Å²) in [5.41, 5.74) is 10.8. The first kappa shape index (κ1) is 19.1. The van der Waals surface area contributed by atoms with Gasteiger partial charge < -0.3 is 10.6 Å². The molecule has 1 unspecified atom stereocenters. The lowest BCUT2D eigenvalue weighted by Crippen LogP contribution is -2.28. The number of carbonyl (C=O) groups is 1. The lowest BCUT2D eigenvalue weighted by atomic mass is 10.00. The predicted octanol–water partition coefficient (Wildman–Crippen LogP) is 3.61. The Hall–Kier alpha value is -3.87. The van der Waals surface area contributed by atoms with Crippen molar-refractivity contribution < 1.29 is 4.79 Å². The van der Waals surface area contributed by atoms with E-state index < -0.39 is 0 Å². The molecule has 1 amide bonds. The van der Waals surface area contributed by atoms with E-state index in [1.807, 2.05) is 48.2 Å². The van der Waals surface area contributed by atoms with Crippen LogP contribution in [0.3, 0.4) is 0 Å². The standard InChI is InChI=1S/C24H22N6O/c1-15-10-18(19-12-27-24(25)28-13-19)11-21(29-15)17-7-9-30(14-17)23(31)20-6-2-4-16-5-3-8-26-22(16)20/h2-6,8,10-13,17H,7,9,14H2,1H3,(H2,25,27,28). The molecule has 0 aliphatic carbocycles. The molecular weight excluding hydrogens is 388 g/mol. The normalized spacial score (nSPS) is 16.0. The van der Waals surface area contributed by atoms with Crippen LogP contribution < -0.4 is 5.73 Å². The molecule has 7 nitrogen and oxygen atoms in total. The molecule has 1 fully saturated rings. The van der Waals surface area contributed by atoms with Gasteiger partial charge in [-0.3, -0.25) is 14.8 Å². The second kappa shape index (κ2) is 7.75. The Bertz CT molecular complexity index is 1270. The van der Waals surface area contributed by atoms with E-state index in [0.717, 1.165) is 39.8 Å². The number of pyridine rings is 2. The fraction of sp³-hybridized carbons (Fsp3) is 0.208. The van der Waals surface area contributed by atoms with E-state index in [9.17, 15) is 4.79 Å². The number of hydrogen-bond acceptors (Lipinski definition) is 6. The summed E-state index contributed by atoms with van der Waals surface area (Å²) in [6, 6.07) is 13.7. The number of nitrogen functional groups attached to an aromatic ring is 1. The smallest absolute Gasteiger partial charge is 0.256 e. The van der Waals surface area contributed by atoms with Gasteiger partial charge in [0, 0.05) is 59.9 Å². The number of aryl methyl sites for hydroxylation is 1. The first-order valence-corrected chi connectivity index (χ1v) is 10.3. The minimum absolute atomic E-state index is 0.0200.